The van der Waals surface area contributed by atoms with E-state index < -0.39 is 0 Å². The zero-order valence-corrected chi connectivity index (χ0v) is 16.7. The Balaban J connectivity index is 1.65. The van der Waals surface area contributed by atoms with Crippen molar-refractivity contribution in [3.8, 4) is 11.5 Å². The second kappa shape index (κ2) is 9.51. The van der Waals surface area contributed by atoms with E-state index in [4.69, 9.17) is 9.47 Å². The number of carbonyl (C=O) groups excluding carboxylic acids is 1. The Labute approximate surface area is 167 Å². The van der Waals surface area contributed by atoms with E-state index in [2.05, 4.69) is 22.5 Å². The van der Waals surface area contributed by atoms with Gasteiger partial charge >= 0.3 is 0 Å². The van der Waals surface area contributed by atoms with E-state index in [0.717, 1.165) is 61.5 Å². The second-order valence-corrected chi connectivity index (χ2v) is 7.14. The van der Waals surface area contributed by atoms with Crippen LogP contribution in [0, 0.1) is 5.92 Å². The lowest BCUT2D eigenvalue weighted by Crippen LogP contribution is -2.36. The van der Waals surface area contributed by atoms with Crippen molar-refractivity contribution < 1.29 is 14.3 Å². The topological polar surface area (TPSA) is 51.7 Å². The Morgan fingerprint density at radius 1 is 1.29 bits per heavy atom. The number of hydrogen-bond acceptors (Lipinski definition) is 5. The smallest absolute Gasteiger partial charge is 0.167 e. The van der Waals surface area contributed by atoms with E-state index in [9.17, 15) is 4.79 Å². The highest BCUT2D eigenvalue weighted by Gasteiger charge is 2.26. The number of allylic oxidation sites excluding steroid dienone is 1. The van der Waals surface area contributed by atoms with E-state index in [1.54, 1.807) is 26.6 Å². The highest BCUT2D eigenvalue weighted by molar-refractivity contribution is 5.97. The van der Waals surface area contributed by atoms with Crippen LogP contribution in [0.15, 0.2) is 49.3 Å². The zero-order valence-electron chi connectivity index (χ0n) is 16.7. The van der Waals surface area contributed by atoms with Gasteiger partial charge in [-0.05, 0) is 56.1 Å². The van der Waals surface area contributed by atoms with Crippen LogP contribution >= 0.6 is 0 Å². The Kier molecular flexibility index (Phi) is 6.82. The molecule has 0 atom stereocenters. The van der Waals surface area contributed by atoms with Crippen LogP contribution in [0.1, 0.15) is 34.3 Å². The van der Waals surface area contributed by atoms with Gasteiger partial charge in [0.1, 0.15) is 0 Å². The molecule has 0 radical (unpaired) electrons. The summed E-state index contributed by atoms with van der Waals surface area (Å²) in [6.07, 6.45) is 7.72. The van der Waals surface area contributed by atoms with Crippen LogP contribution < -0.4 is 9.47 Å². The van der Waals surface area contributed by atoms with Crippen molar-refractivity contribution in [3.05, 3.63) is 66.0 Å². The number of nitrogens with zero attached hydrogens (tertiary/aromatic N) is 2. The van der Waals surface area contributed by atoms with Crippen LogP contribution in [0.5, 0.6) is 11.5 Å². The molecule has 2 heterocycles. The summed E-state index contributed by atoms with van der Waals surface area (Å²) in [5, 5.41) is 0. The van der Waals surface area contributed by atoms with Crippen molar-refractivity contribution in [1.29, 1.82) is 0 Å². The first kappa shape index (κ1) is 20.1. The van der Waals surface area contributed by atoms with Crippen LogP contribution in [0.4, 0.5) is 0 Å². The molecule has 5 nitrogen and oxygen atoms in total. The number of pyridine rings is 1. The fraction of sp³-hybridized carbons (Fsp3) is 0.391. The molecule has 0 spiro atoms. The number of hydrogen-bond donors (Lipinski definition) is 0. The SMILES string of the molecule is C=CCc1cc(CN2CCC(C(=O)c3cccnc3)CC2)cc(OC)c1OC. The molecule has 3 rings (SSSR count). The zero-order chi connectivity index (χ0) is 19.9. The highest BCUT2D eigenvalue weighted by atomic mass is 16.5. The Hall–Kier alpha value is -2.66. The van der Waals surface area contributed by atoms with Gasteiger partial charge in [0, 0.05) is 36.0 Å². The average Bonchev–Trinajstić information content (AvgIpc) is 2.74. The van der Waals surface area contributed by atoms with Crippen molar-refractivity contribution in [1.82, 2.24) is 9.88 Å². The van der Waals surface area contributed by atoms with Gasteiger partial charge in [0.25, 0.3) is 0 Å². The summed E-state index contributed by atoms with van der Waals surface area (Å²) in [5.74, 6) is 1.82. The van der Waals surface area contributed by atoms with Gasteiger partial charge in [-0.1, -0.05) is 12.1 Å². The minimum absolute atomic E-state index is 0.0854. The summed E-state index contributed by atoms with van der Waals surface area (Å²) >= 11 is 0. The van der Waals surface area contributed by atoms with Crippen LogP contribution in [0.2, 0.25) is 0 Å². The van der Waals surface area contributed by atoms with Crippen LogP contribution in [-0.2, 0) is 13.0 Å². The first-order valence-corrected chi connectivity index (χ1v) is 9.67. The molecule has 0 N–H and O–H groups in total. The molecule has 0 aliphatic carbocycles. The molecule has 1 aliphatic heterocycles. The van der Waals surface area contributed by atoms with Crippen molar-refractivity contribution in [2.45, 2.75) is 25.8 Å². The molecule has 0 saturated carbocycles. The molecule has 1 aromatic carbocycles. The largest absolute Gasteiger partial charge is 0.493 e. The molecule has 0 bridgehead atoms. The first-order chi connectivity index (χ1) is 13.7. The summed E-state index contributed by atoms with van der Waals surface area (Å²) in [6.45, 7) is 6.48. The monoisotopic (exact) mass is 380 g/mol. The fourth-order valence-electron chi connectivity index (χ4n) is 3.86. The summed E-state index contributed by atoms with van der Waals surface area (Å²) in [4.78, 5) is 19.1. The molecule has 5 heteroatoms. The van der Waals surface area contributed by atoms with E-state index in [1.165, 1.54) is 5.56 Å². The molecule has 1 aromatic heterocycles. The molecule has 0 unspecified atom stereocenters. The molecule has 1 fully saturated rings. The van der Waals surface area contributed by atoms with Gasteiger partial charge in [0.05, 0.1) is 14.2 Å². The van der Waals surface area contributed by atoms with E-state index in [0.29, 0.717) is 0 Å². The van der Waals surface area contributed by atoms with Crippen LogP contribution in [-0.4, -0.2) is 43.0 Å². The summed E-state index contributed by atoms with van der Waals surface area (Å²) in [6, 6.07) is 7.88. The predicted octanol–water partition coefficient (Wildman–Crippen LogP) is 3.92. The molecule has 148 valence electrons. The van der Waals surface area contributed by atoms with Crippen molar-refractivity contribution in [2.75, 3.05) is 27.3 Å². The molecular formula is C23H28N2O3. The molecule has 2 aromatic rings. The average molecular weight is 380 g/mol. The van der Waals surface area contributed by atoms with E-state index in [1.807, 2.05) is 24.3 Å². The number of benzene rings is 1. The number of ether oxygens (including phenoxy) is 2. The predicted molar refractivity (Wildman–Crippen MR) is 110 cm³/mol. The molecule has 28 heavy (non-hydrogen) atoms. The van der Waals surface area contributed by atoms with Gasteiger partial charge in [-0.3, -0.25) is 14.7 Å². The molecular weight excluding hydrogens is 352 g/mol. The maximum atomic E-state index is 12.6. The lowest BCUT2D eigenvalue weighted by Gasteiger charge is -2.31. The second-order valence-electron chi connectivity index (χ2n) is 7.14. The molecule has 0 amide bonds. The third kappa shape index (κ3) is 4.60. The molecule has 1 saturated heterocycles. The number of carbonyl (C=O) groups is 1. The number of rotatable bonds is 8. The maximum absolute atomic E-state index is 12.6. The summed E-state index contributed by atoms with van der Waals surface area (Å²) < 4.78 is 11.0. The molecule has 1 aliphatic rings. The number of piperidine rings is 1. The summed E-state index contributed by atoms with van der Waals surface area (Å²) in [7, 11) is 3.32. The van der Waals surface area contributed by atoms with E-state index >= 15 is 0 Å². The number of aromatic nitrogens is 1. The van der Waals surface area contributed by atoms with Crippen LogP contribution in [0.3, 0.4) is 0 Å². The van der Waals surface area contributed by atoms with Gasteiger partial charge in [-0.2, -0.15) is 0 Å². The van der Waals surface area contributed by atoms with Crippen molar-refractivity contribution in [2.24, 2.45) is 5.92 Å². The Morgan fingerprint density at radius 3 is 2.68 bits per heavy atom. The van der Waals surface area contributed by atoms with Gasteiger partial charge in [-0.25, -0.2) is 0 Å². The van der Waals surface area contributed by atoms with Crippen molar-refractivity contribution >= 4 is 5.78 Å². The van der Waals surface area contributed by atoms with Gasteiger partial charge < -0.3 is 9.47 Å². The third-order valence-electron chi connectivity index (χ3n) is 5.29. The number of likely N-dealkylation sites (tertiary alicyclic amines) is 1. The summed E-state index contributed by atoms with van der Waals surface area (Å²) in [5.41, 5.74) is 2.98. The lowest BCUT2D eigenvalue weighted by atomic mass is 9.89. The van der Waals surface area contributed by atoms with E-state index in [-0.39, 0.29) is 11.7 Å². The maximum Gasteiger partial charge on any atom is 0.167 e. The highest BCUT2D eigenvalue weighted by Crippen LogP contribution is 2.34. The van der Waals surface area contributed by atoms with Crippen molar-refractivity contribution in [3.63, 3.8) is 0 Å². The van der Waals surface area contributed by atoms with Gasteiger partial charge in [0.15, 0.2) is 17.3 Å². The fourth-order valence-corrected chi connectivity index (χ4v) is 3.86. The first-order valence-electron chi connectivity index (χ1n) is 9.67. The minimum Gasteiger partial charge on any atom is -0.493 e. The van der Waals surface area contributed by atoms with Gasteiger partial charge in [-0.15, -0.1) is 6.58 Å². The number of ketones is 1. The Morgan fingerprint density at radius 2 is 2.07 bits per heavy atom. The minimum atomic E-state index is 0.0854. The Bertz CT molecular complexity index is 812. The van der Waals surface area contributed by atoms with Crippen LogP contribution in [0.25, 0.3) is 0 Å². The standard InChI is InChI=1S/C23H28N2O3/c1-4-6-19-13-17(14-21(27-2)23(19)28-3)16-25-11-8-18(9-12-25)22(26)20-7-5-10-24-15-20/h4-5,7,10,13-15,18H,1,6,8-9,11-12,16H2,2-3H3. The number of methoxy groups -OCH3 is 2. The quantitative estimate of drug-likeness (QED) is 0.513. The van der Waals surface area contributed by atoms with Gasteiger partial charge in [0.2, 0.25) is 0 Å². The normalized spacial score (nSPS) is 15.2. The third-order valence-corrected chi connectivity index (χ3v) is 5.29. The number of Topliss-reactive ketones (excluding diaryl/α,β-unsaturated/α-hetero) is 1. The lowest BCUT2D eigenvalue weighted by molar-refractivity contribution is 0.0834.